The second-order valence-electron chi connectivity index (χ2n) is 16.7. The number of benzene rings is 8. The molecule has 1 saturated carbocycles. The van der Waals surface area contributed by atoms with Crippen LogP contribution >= 0.6 is 0 Å². The molecule has 1 aliphatic carbocycles. The summed E-state index contributed by atoms with van der Waals surface area (Å²) in [6, 6.07) is 64.8. The third-order valence-corrected chi connectivity index (χ3v) is 13.6. The van der Waals surface area contributed by atoms with E-state index >= 15 is 0 Å². The highest BCUT2D eigenvalue weighted by Crippen LogP contribution is 2.61. The summed E-state index contributed by atoms with van der Waals surface area (Å²) in [7, 11) is 2.52. The van der Waals surface area contributed by atoms with Gasteiger partial charge in [0.05, 0.1) is 5.54 Å². The molecule has 2 aliphatic heterocycles. The van der Waals surface area contributed by atoms with Gasteiger partial charge in [-0.15, -0.1) is 0 Å². The minimum Gasteiger partial charge on any atom is -0.355 e. The standard InChI is InChI=1S/C54H44BN2/c1-53-30-14-15-31-54(53,2)57-49-35-41(37-18-8-4-9-19-37)32-45(51(49)55-47-34-42(33-46(53)52(47)57)38-20-10-5-11-21-38)50-44-23-13-12-22-40(44)26-29-48(50)56-43-27-24-39(25-28-43)36-16-6-3-7-17-36/h3-13,16-29,32-35,56H,14-15,30-31H2,1-2H3. The Balaban J connectivity index is 1.16. The molecule has 0 aromatic heterocycles. The molecule has 3 heteroatoms. The average molecular weight is 732 g/mol. The van der Waals surface area contributed by atoms with E-state index in [-0.39, 0.29) is 11.0 Å². The molecular formula is C54H44BN2. The van der Waals surface area contributed by atoms with Gasteiger partial charge in [0.15, 0.2) is 7.28 Å². The first-order chi connectivity index (χ1) is 28.0. The monoisotopic (exact) mass is 731 g/mol. The van der Waals surface area contributed by atoms with Crippen molar-refractivity contribution >= 4 is 51.7 Å². The van der Waals surface area contributed by atoms with E-state index in [0.29, 0.717) is 0 Å². The zero-order valence-corrected chi connectivity index (χ0v) is 32.6. The lowest BCUT2D eigenvalue weighted by molar-refractivity contribution is 0.195. The summed E-state index contributed by atoms with van der Waals surface area (Å²) in [4.78, 5) is 2.80. The maximum Gasteiger partial charge on any atom is 0.197 e. The van der Waals surface area contributed by atoms with Crippen molar-refractivity contribution < 1.29 is 0 Å². The number of hydrogen-bond acceptors (Lipinski definition) is 2. The Morgan fingerprint density at radius 3 is 1.84 bits per heavy atom. The van der Waals surface area contributed by atoms with E-state index in [1.165, 1.54) is 102 Å². The molecule has 1 N–H and O–H groups in total. The molecule has 1 radical (unpaired) electrons. The number of nitrogens with zero attached hydrogens (tertiary/aromatic N) is 1. The largest absolute Gasteiger partial charge is 0.355 e. The Kier molecular flexibility index (Phi) is 7.83. The van der Waals surface area contributed by atoms with Gasteiger partial charge in [-0.2, -0.15) is 0 Å². The summed E-state index contributed by atoms with van der Waals surface area (Å²) in [6.45, 7) is 5.12. The lowest BCUT2D eigenvalue weighted by atomic mass is 9.57. The van der Waals surface area contributed by atoms with E-state index < -0.39 is 0 Å². The van der Waals surface area contributed by atoms with Crippen molar-refractivity contribution in [2.45, 2.75) is 50.5 Å². The highest BCUT2D eigenvalue weighted by atomic mass is 15.3. The molecule has 8 aromatic carbocycles. The van der Waals surface area contributed by atoms with Crippen molar-refractivity contribution in [2.75, 3.05) is 10.2 Å². The van der Waals surface area contributed by atoms with Crippen LogP contribution in [0.4, 0.5) is 22.7 Å². The van der Waals surface area contributed by atoms with Crippen LogP contribution < -0.4 is 21.1 Å². The summed E-state index contributed by atoms with van der Waals surface area (Å²) in [5.41, 5.74) is 18.9. The number of nitrogens with one attached hydrogen (secondary N) is 1. The highest BCUT2D eigenvalue weighted by molar-refractivity contribution is 6.73. The van der Waals surface area contributed by atoms with Gasteiger partial charge in [-0.25, -0.2) is 0 Å². The zero-order chi connectivity index (χ0) is 38.1. The van der Waals surface area contributed by atoms with Crippen LogP contribution in [0.5, 0.6) is 0 Å². The molecule has 11 rings (SSSR count). The van der Waals surface area contributed by atoms with Crippen molar-refractivity contribution in [2.24, 2.45) is 0 Å². The smallest absolute Gasteiger partial charge is 0.197 e. The molecule has 2 unspecified atom stereocenters. The molecule has 0 amide bonds. The van der Waals surface area contributed by atoms with Crippen molar-refractivity contribution in [1.82, 2.24) is 0 Å². The van der Waals surface area contributed by atoms with Gasteiger partial charge in [0.1, 0.15) is 0 Å². The van der Waals surface area contributed by atoms with Crippen molar-refractivity contribution in [3.05, 3.63) is 181 Å². The highest BCUT2D eigenvalue weighted by Gasteiger charge is 2.59. The first-order valence-electron chi connectivity index (χ1n) is 20.6. The SMILES string of the molecule is CC12CCCCC1(C)N1c3cc(-c4ccccc4)cc(-c4c(Nc5ccc(-c6ccccc6)cc5)ccc5ccccc45)c3[B]c3cc(-c4ccccc4)cc2c31. The number of anilines is 4. The fourth-order valence-electron chi connectivity index (χ4n) is 10.5. The van der Waals surface area contributed by atoms with Crippen LogP contribution in [0.3, 0.4) is 0 Å². The number of fused-ring (bicyclic) bond motifs is 6. The Morgan fingerprint density at radius 1 is 0.544 bits per heavy atom. The molecule has 57 heavy (non-hydrogen) atoms. The molecule has 2 heterocycles. The van der Waals surface area contributed by atoms with Crippen LogP contribution in [0, 0.1) is 0 Å². The summed E-state index contributed by atoms with van der Waals surface area (Å²) >= 11 is 0. The van der Waals surface area contributed by atoms with Gasteiger partial charge >= 0.3 is 0 Å². The second-order valence-corrected chi connectivity index (χ2v) is 16.7. The predicted molar refractivity (Wildman–Crippen MR) is 243 cm³/mol. The molecule has 2 atom stereocenters. The third-order valence-electron chi connectivity index (χ3n) is 13.6. The zero-order valence-electron chi connectivity index (χ0n) is 32.6. The normalized spacial score (nSPS) is 19.0. The minimum atomic E-state index is -0.0758. The van der Waals surface area contributed by atoms with Gasteiger partial charge in [0, 0.05) is 33.7 Å². The molecular weight excluding hydrogens is 687 g/mol. The molecule has 273 valence electrons. The summed E-state index contributed by atoms with van der Waals surface area (Å²) < 4.78 is 0. The Morgan fingerprint density at radius 2 is 1.14 bits per heavy atom. The Bertz CT molecular complexity index is 2810. The van der Waals surface area contributed by atoms with Crippen LogP contribution in [0.25, 0.3) is 55.3 Å². The van der Waals surface area contributed by atoms with Crippen molar-refractivity contribution in [1.29, 1.82) is 0 Å². The first-order valence-corrected chi connectivity index (χ1v) is 20.6. The summed E-state index contributed by atoms with van der Waals surface area (Å²) in [5, 5.41) is 6.39. The topological polar surface area (TPSA) is 15.3 Å². The molecule has 1 fully saturated rings. The fourth-order valence-corrected chi connectivity index (χ4v) is 10.5. The van der Waals surface area contributed by atoms with Gasteiger partial charge in [-0.05, 0) is 111 Å². The Hall–Kier alpha value is -6.32. The van der Waals surface area contributed by atoms with Crippen LogP contribution in [-0.4, -0.2) is 12.8 Å². The van der Waals surface area contributed by atoms with Crippen LogP contribution in [0.2, 0.25) is 0 Å². The van der Waals surface area contributed by atoms with Gasteiger partial charge < -0.3 is 10.2 Å². The molecule has 3 aliphatic rings. The van der Waals surface area contributed by atoms with E-state index in [1.54, 1.807) is 0 Å². The first kappa shape index (κ1) is 34.0. The van der Waals surface area contributed by atoms with Crippen LogP contribution in [-0.2, 0) is 5.41 Å². The van der Waals surface area contributed by atoms with Gasteiger partial charge in [-0.1, -0.05) is 170 Å². The lowest BCUT2D eigenvalue weighted by Gasteiger charge is -2.51. The van der Waals surface area contributed by atoms with E-state index in [2.05, 4.69) is 207 Å². The Labute approximate surface area is 337 Å². The molecule has 8 aromatic rings. The average Bonchev–Trinajstić information content (AvgIpc) is 3.48. The lowest BCUT2D eigenvalue weighted by Crippen LogP contribution is -2.57. The third kappa shape index (κ3) is 5.32. The van der Waals surface area contributed by atoms with E-state index in [9.17, 15) is 0 Å². The maximum atomic E-state index is 3.92. The van der Waals surface area contributed by atoms with Crippen LogP contribution in [0.1, 0.15) is 45.1 Å². The molecule has 2 nitrogen and oxygen atoms in total. The summed E-state index contributed by atoms with van der Waals surface area (Å²) in [6.07, 6.45) is 4.84. The van der Waals surface area contributed by atoms with E-state index in [4.69, 9.17) is 0 Å². The molecule has 0 bridgehead atoms. The van der Waals surface area contributed by atoms with Crippen LogP contribution in [0.15, 0.2) is 176 Å². The maximum absolute atomic E-state index is 3.92. The van der Waals surface area contributed by atoms with Gasteiger partial charge in [0.2, 0.25) is 0 Å². The second kappa shape index (κ2) is 13.1. The molecule has 0 spiro atoms. The summed E-state index contributed by atoms with van der Waals surface area (Å²) in [5.74, 6) is 0. The van der Waals surface area contributed by atoms with Gasteiger partial charge in [0.25, 0.3) is 0 Å². The predicted octanol–water partition coefficient (Wildman–Crippen LogP) is 13.0. The molecule has 0 saturated heterocycles. The van der Waals surface area contributed by atoms with E-state index in [0.717, 1.165) is 17.8 Å². The number of hydrogen-bond donors (Lipinski definition) is 1. The minimum absolute atomic E-state index is 0.0105. The quantitative estimate of drug-likeness (QED) is 0.171. The van der Waals surface area contributed by atoms with E-state index in [1.807, 2.05) is 0 Å². The van der Waals surface area contributed by atoms with Crippen molar-refractivity contribution in [3.63, 3.8) is 0 Å². The van der Waals surface area contributed by atoms with Crippen molar-refractivity contribution in [3.8, 4) is 44.5 Å². The fraction of sp³-hybridized carbons (Fsp3) is 0.148. The van der Waals surface area contributed by atoms with Gasteiger partial charge in [-0.3, -0.25) is 0 Å². The number of rotatable bonds is 6.